The van der Waals surface area contributed by atoms with Crippen LogP contribution in [0, 0.1) is 0 Å². The monoisotopic (exact) mass is 446 g/mol. The largest absolute Gasteiger partial charge is 0.342 e. The summed E-state index contributed by atoms with van der Waals surface area (Å²) >= 11 is 0. The quantitative estimate of drug-likeness (QED) is 0.392. The normalized spacial score (nSPS) is 14.1. The molecule has 4 aromatic rings. The van der Waals surface area contributed by atoms with Crippen LogP contribution >= 0.6 is 0 Å². The maximum Gasteiger partial charge on any atom is 0.261 e. The number of aromatic nitrogens is 2. The summed E-state index contributed by atoms with van der Waals surface area (Å²) in [6.07, 6.45) is 3.56. The van der Waals surface area contributed by atoms with Gasteiger partial charge in [-0.2, -0.15) is 0 Å². The van der Waals surface area contributed by atoms with Gasteiger partial charge >= 0.3 is 0 Å². The van der Waals surface area contributed by atoms with Crippen molar-refractivity contribution in [2.24, 2.45) is 0 Å². The van der Waals surface area contributed by atoms with Gasteiger partial charge in [-0.05, 0) is 61.4 Å². The van der Waals surface area contributed by atoms with E-state index in [1.54, 1.807) is 36.4 Å². The zero-order valence-electron chi connectivity index (χ0n) is 17.2. The molecule has 7 nitrogen and oxygen atoms in total. The van der Waals surface area contributed by atoms with Crippen molar-refractivity contribution < 1.29 is 13.2 Å². The first-order chi connectivity index (χ1) is 15.5. The maximum absolute atomic E-state index is 12.8. The molecule has 0 saturated heterocycles. The molecule has 3 aromatic carbocycles. The average molecular weight is 447 g/mol. The van der Waals surface area contributed by atoms with Gasteiger partial charge in [0.15, 0.2) is 0 Å². The lowest BCUT2D eigenvalue weighted by Gasteiger charge is -2.22. The number of carbonyl (C=O) groups is 1. The van der Waals surface area contributed by atoms with Crippen LogP contribution in [0.15, 0.2) is 77.7 Å². The fourth-order valence-corrected chi connectivity index (χ4v) is 4.79. The summed E-state index contributed by atoms with van der Waals surface area (Å²) in [6.45, 7) is 0. The Morgan fingerprint density at radius 2 is 1.75 bits per heavy atom. The number of anilines is 2. The van der Waals surface area contributed by atoms with Gasteiger partial charge in [0.05, 0.1) is 15.9 Å². The van der Waals surface area contributed by atoms with E-state index >= 15 is 0 Å². The van der Waals surface area contributed by atoms with Crippen molar-refractivity contribution in [3.05, 3.63) is 84.2 Å². The maximum atomic E-state index is 12.8. The molecule has 162 valence electrons. The van der Waals surface area contributed by atoms with Crippen molar-refractivity contribution in [1.29, 1.82) is 0 Å². The summed E-state index contributed by atoms with van der Waals surface area (Å²) in [6, 6.07) is 20.1. The third-order valence-corrected chi connectivity index (χ3v) is 7.08. The summed E-state index contributed by atoms with van der Waals surface area (Å²) in [7, 11) is -3.73. The first-order valence-electron chi connectivity index (χ1n) is 10.5. The van der Waals surface area contributed by atoms with E-state index in [9.17, 15) is 13.2 Å². The molecule has 1 saturated carbocycles. The van der Waals surface area contributed by atoms with E-state index in [1.807, 2.05) is 18.2 Å². The fourth-order valence-electron chi connectivity index (χ4n) is 3.72. The van der Waals surface area contributed by atoms with E-state index < -0.39 is 10.0 Å². The fraction of sp³-hybridized carbons (Fsp3) is 0.167. The van der Waals surface area contributed by atoms with Gasteiger partial charge in [-0.3, -0.25) is 9.52 Å². The molecule has 8 heteroatoms. The van der Waals surface area contributed by atoms with Crippen molar-refractivity contribution in [3.8, 4) is 0 Å². The number of hydrogen-bond acceptors (Lipinski definition) is 4. The highest BCUT2D eigenvalue weighted by molar-refractivity contribution is 7.92. The lowest BCUT2D eigenvalue weighted by Crippen LogP contribution is -2.15. The van der Waals surface area contributed by atoms with E-state index in [1.165, 1.54) is 24.6 Å². The summed E-state index contributed by atoms with van der Waals surface area (Å²) in [5, 5.41) is 2.87. The van der Waals surface area contributed by atoms with Gasteiger partial charge in [-0.1, -0.05) is 30.7 Å². The van der Waals surface area contributed by atoms with Gasteiger partial charge in [0, 0.05) is 22.9 Å². The average Bonchev–Trinajstić information content (AvgIpc) is 3.15. The highest BCUT2D eigenvalue weighted by atomic mass is 32.2. The first kappa shape index (κ1) is 20.3. The Morgan fingerprint density at radius 3 is 2.50 bits per heavy atom. The zero-order chi connectivity index (χ0) is 22.1. The molecule has 5 rings (SSSR count). The summed E-state index contributed by atoms with van der Waals surface area (Å²) in [5.74, 6) is 1.18. The Labute approximate surface area is 185 Å². The number of nitrogens with one attached hydrogen (secondary N) is 3. The Kier molecular flexibility index (Phi) is 5.14. The van der Waals surface area contributed by atoms with Crippen LogP contribution in [0.2, 0.25) is 0 Å². The lowest BCUT2D eigenvalue weighted by molar-refractivity contribution is 0.102. The van der Waals surface area contributed by atoms with Crippen molar-refractivity contribution in [3.63, 3.8) is 0 Å². The molecule has 0 bridgehead atoms. The third kappa shape index (κ3) is 4.09. The topological polar surface area (TPSA) is 104 Å². The van der Waals surface area contributed by atoms with Crippen molar-refractivity contribution in [2.45, 2.75) is 30.1 Å². The van der Waals surface area contributed by atoms with Gasteiger partial charge in [0.2, 0.25) is 0 Å². The van der Waals surface area contributed by atoms with Crippen LogP contribution in [0.4, 0.5) is 11.4 Å². The minimum atomic E-state index is -3.73. The van der Waals surface area contributed by atoms with Crippen molar-refractivity contribution >= 4 is 38.3 Å². The van der Waals surface area contributed by atoms with Gasteiger partial charge in [-0.15, -0.1) is 0 Å². The van der Waals surface area contributed by atoms with Gasteiger partial charge in [0.1, 0.15) is 5.82 Å². The number of hydrogen-bond donors (Lipinski definition) is 3. The van der Waals surface area contributed by atoms with Crippen LogP contribution in [-0.4, -0.2) is 24.3 Å². The van der Waals surface area contributed by atoms with Crippen LogP contribution in [-0.2, 0) is 10.0 Å². The molecule has 1 fully saturated rings. The number of rotatable bonds is 6. The molecular weight excluding hydrogens is 424 g/mol. The Balaban J connectivity index is 1.32. The number of aromatic amines is 1. The molecule has 0 radical (unpaired) electrons. The van der Waals surface area contributed by atoms with E-state index in [0.717, 1.165) is 29.7 Å². The van der Waals surface area contributed by atoms with Crippen LogP contribution < -0.4 is 10.0 Å². The number of carbonyl (C=O) groups excluding carboxylic acids is 1. The van der Waals surface area contributed by atoms with Crippen LogP contribution in [0.3, 0.4) is 0 Å². The molecule has 3 N–H and O–H groups in total. The van der Waals surface area contributed by atoms with Crippen molar-refractivity contribution in [2.75, 3.05) is 10.0 Å². The molecule has 0 aliphatic heterocycles. The summed E-state index contributed by atoms with van der Waals surface area (Å²) in [5.41, 5.74) is 3.06. The van der Waals surface area contributed by atoms with E-state index in [4.69, 9.17) is 0 Å². The number of H-pyrrole nitrogens is 1. The van der Waals surface area contributed by atoms with Crippen LogP contribution in [0.1, 0.15) is 41.4 Å². The zero-order valence-corrected chi connectivity index (χ0v) is 18.0. The minimum absolute atomic E-state index is 0.156. The molecule has 1 amide bonds. The van der Waals surface area contributed by atoms with Gasteiger partial charge in [0.25, 0.3) is 15.9 Å². The second kappa shape index (κ2) is 8.12. The molecule has 0 spiro atoms. The predicted octanol–water partition coefficient (Wildman–Crippen LogP) is 4.88. The lowest BCUT2D eigenvalue weighted by atomic mass is 9.85. The summed E-state index contributed by atoms with van der Waals surface area (Å²) in [4.78, 5) is 21.0. The Morgan fingerprint density at radius 1 is 0.938 bits per heavy atom. The standard InChI is InChI=1S/C24H22N4O3S/c29-24(25-18-12-13-21-22(15-18)27-23(26-21)16-6-4-7-16)17-8-5-9-19(14-17)28-32(30,31)20-10-2-1-3-11-20/h1-3,5,8-16,28H,4,6-7H2,(H,25,29)(H,26,27). The third-order valence-electron chi connectivity index (χ3n) is 5.68. The van der Waals surface area contributed by atoms with Crippen LogP contribution in [0.5, 0.6) is 0 Å². The Bertz CT molecular complexity index is 1390. The minimum Gasteiger partial charge on any atom is -0.342 e. The highest BCUT2D eigenvalue weighted by Gasteiger charge is 2.22. The number of sulfonamides is 1. The number of nitrogens with zero attached hydrogens (tertiary/aromatic N) is 1. The number of amides is 1. The van der Waals surface area contributed by atoms with E-state index in [-0.39, 0.29) is 10.8 Å². The van der Waals surface area contributed by atoms with E-state index in [2.05, 4.69) is 20.0 Å². The molecule has 1 aliphatic rings. The molecule has 1 aliphatic carbocycles. The number of benzene rings is 3. The van der Waals surface area contributed by atoms with E-state index in [0.29, 0.717) is 22.9 Å². The van der Waals surface area contributed by atoms with Gasteiger partial charge in [-0.25, -0.2) is 13.4 Å². The molecule has 32 heavy (non-hydrogen) atoms. The van der Waals surface area contributed by atoms with Crippen molar-refractivity contribution in [1.82, 2.24) is 9.97 Å². The Hall–Kier alpha value is -3.65. The molecule has 1 heterocycles. The summed E-state index contributed by atoms with van der Waals surface area (Å²) < 4.78 is 27.6. The number of imidazole rings is 1. The van der Waals surface area contributed by atoms with Crippen LogP contribution in [0.25, 0.3) is 11.0 Å². The SMILES string of the molecule is O=C(Nc1ccc2nc(C3CCC3)[nH]c2c1)c1cccc(NS(=O)(=O)c2ccccc2)c1. The second-order valence-corrected chi connectivity index (χ2v) is 9.62. The molecule has 0 unspecified atom stereocenters. The molecule has 0 atom stereocenters. The highest BCUT2D eigenvalue weighted by Crippen LogP contribution is 2.35. The van der Waals surface area contributed by atoms with Gasteiger partial charge < -0.3 is 10.3 Å². The second-order valence-electron chi connectivity index (χ2n) is 7.94. The predicted molar refractivity (Wildman–Crippen MR) is 124 cm³/mol. The molecule has 1 aromatic heterocycles. The first-order valence-corrected chi connectivity index (χ1v) is 12.0. The smallest absolute Gasteiger partial charge is 0.261 e. The number of fused-ring (bicyclic) bond motifs is 1. The molecular formula is C24H22N4O3S.